The van der Waals surface area contributed by atoms with Gasteiger partial charge in [0.2, 0.25) is 0 Å². The maximum Gasteiger partial charge on any atom is 0.0192 e. The molecule has 0 saturated carbocycles. The molecule has 0 radical (unpaired) electrons. The summed E-state index contributed by atoms with van der Waals surface area (Å²) in [6, 6.07) is 1.29. The maximum absolute atomic E-state index is 3.56. The molecule has 0 heterocycles. The van der Waals surface area contributed by atoms with Gasteiger partial charge >= 0.3 is 0 Å². The second-order valence-corrected chi connectivity index (χ2v) is 5.78. The molecule has 2 nitrogen and oxygen atoms in total. The zero-order valence-corrected chi connectivity index (χ0v) is 11.7. The molecule has 0 aliphatic heterocycles. The van der Waals surface area contributed by atoms with Crippen LogP contribution in [-0.4, -0.2) is 36.1 Å². The van der Waals surface area contributed by atoms with E-state index in [2.05, 4.69) is 58.8 Å². The molecule has 0 saturated heterocycles. The molecular weight excluding hydrogens is 184 g/mol. The first-order valence-electron chi connectivity index (χ1n) is 6.25. The fourth-order valence-corrected chi connectivity index (χ4v) is 1.65. The number of rotatable bonds is 6. The van der Waals surface area contributed by atoms with Crippen molar-refractivity contribution in [2.45, 2.75) is 72.0 Å². The first-order chi connectivity index (χ1) is 6.78. The van der Waals surface area contributed by atoms with Crippen LogP contribution in [0.4, 0.5) is 0 Å². The first kappa shape index (κ1) is 14.9. The van der Waals surface area contributed by atoms with Crippen LogP contribution in [0.5, 0.6) is 0 Å². The van der Waals surface area contributed by atoms with Gasteiger partial charge in [-0.25, -0.2) is 0 Å². The molecule has 0 aromatic carbocycles. The average molecular weight is 214 g/mol. The summed E-state index contributed by atoms with van der Waals surface area (Å²) in [5.41, 5.74) is 0.225. The van der Waals surface area contributed by atoms with Crippen molar-refractivity contribution in [3.05, 3.63) is 0 Å². The van der Waals surface area contributed by atoms with Crippen molar-refractivity contribution < 1.29 is 0 Å². The quantitative estimate of drug-likeness (QED) is 0.731. The predicted octanol–water partition coefficient (Wildman–Crippen LogP) is 2.88. The van der Waals surface area contributed by atoms with E-state index in [4.69, 9.17) is 0 Å². The molecule has 92 valence electrons. The van der Waals surface area contributed by atoms with Crippen LogP contribution in [0.25, 0.3) is 0 Å². The number of nitrogens with zero attached hydrogens (tertiary/aromatic N) is 1. The highest BCUT2D eigenvalue weighted by Crippen LogP contribution is 2.08. The molecule has 2 atom stereocenters. The molecule has 0 spiro atoms. The number of hydrogen-bond donors (Lipinski definition) is 1. The van der Waals surface area contributed by atoms with E-state index in [1.807, 2.05) is 0 Å². The van der Waals surface area contributed by atoms with Crippen LogP contribution in [0.1, 0.15) is 54.4 Å². The Kier molecular flexibility index (Phi) is 6.46. The summed E-state index contributed by atoms with van der Waals surface area (Å²) in [6.07, 6.45) is 2.56. The summed E-state index contributed by atoms with van der Waals surface area (Å²) in [6.45, 7) is 14.6. The minimum Gasteiger partial charge on any atom is -0.311 e. The molecule has 1 N–H and O–H groups in total. The summed E-state index contributed by atoms with van der Waals surface area (Å²) in [7, 11) is 2.23. The summed E-state index contributed by atoms with van der Waals surface area (Å²) in [4.78, 5) is 2.47. The summed E-state index contributed by atoms with van der Waals surface area (Å²) in [5, 5.41) is 3.56. The highest BCUT2D eigenvalue weighted by molar-refractivity contribution is 4.77. The van der Waals surface area contributed by atoms with E-state index < -0.39 is 0 Å². The Hall–Kier alpha value is -0.0800. The largest absolute Gasteiger partial charge is 0.311 e. The van der Waals surface area contributed by atoms with Crippen LogP contribution in [-0.2, 0) is 0 Å². The SMILES string of the molecule is CCCC(C)N(C)C(C)CNC(C)(C)C. The van der Waals surface area contributed by atoms with Gasteiger partial charge in [-0.15, -0.1) is 0 Å². The maximum atomic E-state index is 3.56. The third-order valence-corrected chi connectivity index (χ3v) is 3.02. The molecule has 0 amide bonds. The van der Waals surface area contributed by atoms with E-state index >= 15 is 0 Å². The Balaban J connectivity index is 3.93. The molecule has 0 rings (SSSR count). The van der Waals surface area contributed by atoms with Gasteiger partial charge in [0.1, 0.15) is 0 Å². The van der Waals surface area contributed by atoms with Gasteiger partial charge < -0.3 is 5.32 Å². The van der Waals surface area contributed by atoms with Crippen molar-refractivity contribution in [2.75, 3.05) is 13.6 Å². The van der Waals surface area contributed by atoms with Crippen LogP contribution in [0, 0.1) is 0 Å². The highest BCUT2D eigenvalue weighted by atomic mass is 15.2. The second-order valence-electron chi connectivity index (χ2n) is 5.78. The van der Waals surface area contributed by atoms with Gasteiger partial charge in [0.25, 0.3) is 0 Å². The molecule has 2 unspecified atom stereocenters. The zero-order chi connectivity index (χ0) is 12.1. The number of nitrogens with one attached hydrogen (secondary N) is 1. The van der Waals surface area contributed by atoms with E-state index in [0.29, 0.717) is 12.1 Å². The first-order valence-corrected chi connectivity index (χ1v) is 6.25. The molecule has 0 bridgehead atoms. The highest BCUT2D eigenvalue weighted by Gasteiger charge is 2.17. The Morgan fingerprint density at radius 1 is 1.13 bits per heavy atom. The normalized spacial score (nSPS) is 16.8. The van der Waals surface area contributed by atoms with Crippen molar-refractivity contribution in [2.24, 2.45) is 0 Å². The molecule has 0 fully saturated rings. The minimum absolute atomic E-state index is 0.225. The van der Waals surface area contributed by atoms with Gasteiger partial charge in [0.15, 0.2) is 0 Å². The Labute approximate surface area is 96.4 Å². The van der Waals surface area contributed by atoms with E-state index in [1.165, 1.54) is 12.8 Å². The molecule has 0 aliphatic rings. The van der Waals surface area contributed by atoms with Gasteiger partial charge in [-0.1, -0.05) is 13.3 Å². The van der Waals surface area contributed by atoms with E-state index in [9.17, 15) is 0 Å². The predicted molar refractivity (Wildman–Crippen MR) is 69.4 cm³/mol. The second kappa shape index (κ2) is 6.49. The lowest BCUT2D eigenvalue weighted by Crippen LogP contribution is -2.47. The van der Waals surface area contributed by atoms with Gasteiger partial charge in [0, 0.05) is 24.2 Å². The van der Waals surface area contributed by atoms with Gasteiger partial charge in [-0.3, -0.25) is 4.90 Å². The Bertz CT molecular complexity index is 160. The lowest BCUT2D eigenvalue weighted by molar-refractivity contribution is 0.175. The average Bonchev–Trinajstić information content (AvgIpc) is 2.12. The van der Waals surface area contributed by atoms with Crippen LogP contribution in [0.15, 0.2) is 0 Å². The third-order valence-electron chi connectivity index (χ3n) is 3.02. The van der Waals surface area contributed by atoms with E-state index in [-0.39, 0.29) is 5.54 Å². The number of likely N-dealkylation sites (N-methyl/N-ethyl adjacent to an activating group) is 1. The molecular formula is C13H30N2. The van der Waals surface area contributed by atoms with Gasteiger partial charge in [-0.05, 0) is 48.1 Å². The molecule has 0 aromatic heterocycles. The lowest BCUT2D eigenvalue weighted by atomic mass is 10.1. The van der Waals surface area contributed by atoms with Crippen molar-refractivity contribution in [3.63, 3.8) is 0 Å². The summed E-state index contributed by atoms with van der Waals surface area (Å²) in [5.74, 6) is 0. The molecule has 2 heteroatoms. The van der Waals surface area contributed by atoms with Crippen molar-refractivity contribution in [1.82, 2.24) is 10.2 Å². The van der Waals surface area contributed by atoms with E-state index in [1.54, 1.807) is 0 Å². The van der Waals surface area contributed by atoms with Crippen LogP contribution >= 0.6 is 0 Å². The number of hydrogen-bond acceptors (Lipinski definition) is 2. The van der Waals surface area contributed by atoms with Crippen LogP contribution in [0.2, 0.25) is 0 Å². The Morgan fingerprint density at radius 2 is 1.67 bits per heavy atom. The van der Waals surface area contributed by atoms with Crippen molar-refractivity contribution in [3.8, 4) is 0 Å². The van der Waals surface area contributed by atoms with Gasteiger partial charge in [-0.2, -0.15) is 0 Å². The smallest absolute Gasteiger partial charge is 0.0192 e. The third kappa shape index (κ3) is 6.91. The van der Waals surface area contributed by atoms with Crippen molar-refractivity contribution in [1.29, 1.82) is 0 Å². The molecule has 0 aromatic rings. The molecule has 15 heavy (non-hydrogen) atoms. The fourth-order valence-electron chi connectivity index (χ4n) is 1.65. The van der Waals surface area contributed by atoms with E-state index in [0.717, 1.165) is 6.54 Å². The monoisotopic (exact) mass is 214 g/mol. The summed E-state index contributed by atoms with van der Waals surface area (Å²) < 4.78 is 0. The van der Waals surface area contributed by atoms with Crippen molar-refractivity contribution >= 4 is 0 Å². The minimum atomic E-state index is 0.225. The Morgan fingerprint density at radius 3 is 2.07 bits per heavy atom. The molecule has 0 aliphatic carbocycles. The van der Waals surface area contributed by atoms with Crippen LogP contribution in [0.3, 0.4) is 0 Å². The fraction of sp³-hybridized carbons (Fsp3) is 1.00. The zero-order valence-electron chi connectivity index (χ0n) is 11.7. The van der Waals surface area contributed by atoms with Gasteiger partial charge in [0.05, 0.1) is 0 Å². The van der Waals surface area contributed by atoms with Crippen LogP contribution < -0.4 is 5.32 Å². The topological polar surface area (TPSA) is 15.3 Å². The standard InChI is InChI=1S/C13H30N2/c1-8-9-11(2)15(7)12(3)10-14-13(4,5)6/h11-12,14H,8-10H2,1-7H3. The lowest BCUT2D eigenvalue weighted by Gasteiger charge is -2.33. The summed E-state index contributed by atoms with van der Waals surface area (Å²) >= 11 is 0.